The molecule has 0 spiro atoms. The van der Waals surface area contributed by atoms with Crippen molar-refractivity contribution in [2.75, 3.05) is 6.61 Å². The molecule has 10 heavy (non-hydrogen) atoms. The first kappa shape index (κ1) is 10.0. The number of nitrogens with two attached hydrogens (primary N) is 1. The molecule has 0 heterocycles. The quantitative estimate of drug-likeness (QED) is 0.649. The van der Waals surface area contributed by atoms with Crippen LogP contribution < -0.4 is 5.50 Å². The van der Waals surface area contributed by atoms with Crippen LogP contribution in [0.5, 0.6) is 0 Å². The average molecular weight is 164 g/mol. The van der Waals surface area contributed by atoms with E-state index in [2.05, 4.69) is 20.8 Å². The standard InChI is InChI=1S/C6H15NO2P/c1-6(2,3)4-5-9-10(7)8/h4-5H2,1-3H3,(H2,7,8)/q+1. The summed E-state index contributed by atoms with van der Waals surface area (Å²) in [6.07, 6.45) is 0.880. The Morgan fingerprint density at radius 2 is 2.00 bits per heavy atom. The summed E-state index contributed by atoms with van der Waals surface area (Å²) in [4.78, 5) is 0. The normalized spacial score (nSPS) is 13.4. The third-order valence-electron chi connectivity index (χ3n) is 1.07. The molecule has 0 saturated carbocycles. The summed E-state index contributed by atoms with van der Waals surface area (Å²) in [5.74, 6) is 0. The molecular weight excluding hydrogens is 149 g/mol. The molecule has 60 valence electrons. The van der Waals surface area contributed by atoms with E-state index < -0.39 is 8.18 Å². The summed E-state index contributed by atoms with van der Waals surface area (Å²) in [5.41, 5.74) is 5.14. The van der Waals surface area contributed by atoms with Crippen molar-refractivity contribution < 1.29 is 9.09 Å². The van der Waals surface area contributed by atoms with Crippen LogP contribution >= 0.6 is 8.18 Å². The van der Waals surface area contributed by atoms with Crippen LogP contribution in [0.1, 0.15) is 27.2 Å². The molecule has 0 saturated heterocycles. The van der Waals surface area contributed by atoms with Crippen LogP contribution in [0.3, 0.4) is 0 Å². The van der Waals surface area contributed by atoms with Crippen molar-refractivity contribution in [1.29, 1.82) is 0 Å². The number of rotatable bonds is 3. The van der Waals surface area contributed by atoms with Gasteiger partial charge >= 0.3 is 8.18 Å². The van der Waals surface area contributed by atoms with Gasteiger partial charge in [0.1, 0.15) is 6.61 Å². The molecule has 0 aromatic rings. The molecule has 0 aliphatic rings. The third-order valence-corrected chi connectivity index (χ3v) is 1.51. The molecule has 0 amide bonds. The zero-order valence-corrected chi connectivity index (χ0v) is 7.65. The van der Waals surface area contributed by atoms with Gasteiger partial charge in [0.25, 0.3) is 0 Å². The highest BCUT2D eigenvalue weighted by Gasteiger charge is 2.14. The van der Waals surface area contributed by atoms with Crippen molar-refractivity contribution in [3.8, 4) is 0 Å². The van der Waals surface area contributed by atoms with Crippen molar-refractivity contribution in [2.45, 2.75) is 27.2 Å². The van der Waals surface area contributed by atoms with Crippen LogP contribution in [0, 0.1) is 5.41 Å². The first-order chi connectivity index (χ1) is 4.42. The summed E-state index contributed by atoms with van der Waals surface area (Å²) in [5, 5.41) is 0. The van der Waals surface area contributed by atoms with E-state index in [4.69, 9.17) is 10.0 Å². The lowest BCUT2D eigenvalue weighted by Crippen LogP contribution is -2.08. The fourth-order valence-corrected chi connectivity index (χ4v) is 0.713. The molecular formula is C6H15NO2P+. The molecule has 0 aromatic heterocycles. The Balaban J connectivity index is 3.29. The summed E-state index contributed by atoms with van der Waals surface area (Å²) in [6.45, 7) is 6.77. The van der Waals surface area contributed by atoms with Gasteiger partial charge in [0.2, 0.25) is 0 Å². The van der Waals surface area contributed by atoms with Gasteiger partial charge in [-0.3, -0.25) is 0 Å². The minimum Gasteiger partial charge on any atom is -0.130 e. The Morgan fingerprint density at radius 3 is 2.30 bits per heavy atom. The molecule has 2 N–H and O–H groups in total. The average Bonchev–Trinajstić information content (AvgIpc) is 1.59. The Bertz CT molecular complexity index is 119. The van der Waals surface area contributed by atoms with Crippen molar-refractivity contribution in [2.24, 2.45) is 10.9 Å². The molecule has 3 nitrogen and oxygen atoms in total. The van der Waals surface area contributed by atoms with Gasteiger partial charge in [-0.2, -0.15) is 0 Å². The fraction of sp³-hybridized carbons (Fsp3) is 1.00. The van der Waals surface area contributed by atoms with E-state index >= 15 is 0 Å². The van der Waals surface area contributed by atoms with Crippen molar-refractivity contribution in [3.63, 3.8) is 0 Å². The Labute approximate surface area is 62.9 Å². The molecule has 4 heteroatoms. The lowest BCUT2D eigenvalue weighted by molar-refractivity contribution is 0.252. The highest BCUT2D eigenvalue weighted by atomic mass is 31.1. The Morgan fingerprint density at radius 1 is 1.50 bits per heavy atom. The van der Waals surface area contributed by atoms with Crippen LogP contribution in [-0.4, -0.2) is 6.61 Å². The fourth-order valence-electron chi connectivity index (χ4n) is 0.442. The molecule has 1 unspecified atom stereocenters. The molecule has 0 aliphatic carbocycles. The molecule has 0 aliphatic heterocycles. The lowest BCUT2D eigenvalue weighted by atomic mass is 9.93. The highest BCUT2D eigenvalue weighted by Crippen LogP contribution is 2.20. The molecule has 0 aromatic carbocycles. The smallest absolute Gasteiger partial charge is 0.130 e. The van der Waals surface area contributed by atoms with Crippen molar-refractivity contribution >= 4 is 8.18 Å². The van der Waals surface area contributed by atoms with Crippen LogP contribution in [-0.2, 0) is 9.09 Å². The monoisotopic (exact) mass is 164 g/mol. The van der Waals surface area contributed by atoms with Crippen LogP contribution in [0.4, 0.5) is 0 Å². The van der Waals surface area contributed by atoms with E-state index in [9.17, 15) is 4.57 Å². The van der Waals surface area contributed by atoms with E-state index in [0.29, 0.717) is 6.61 Å². The van der Waals surface area contributed by atoms with Gasteiger partial charge in [-0.1, -0.05) is 26.3 Å². The van der Waals surface area contributed by atoms with Gasteiger partial charge in [0.15, 0.2) is 0 Å². The molecule has 1 atom stereocenters. The van der Waals surface area contributed by atoms with E-state index in [-0.39, 0.29) is 5.41 Å². The molecule has 0 bridgehead atoms. The number of hydrogen-bond acceptors (Lipinski definition) is 2. The van der Waals surface area contributed by atoms with Crippen LogP contribution in [0.25, 0.3) is 0 Å². The largest absolute Gasteiger partial charge is 0.610 e. The minimum absolute atomic E-state index is 0.228. The highest BCUT2D eigenvalue weighted by molar-refractivity contribution is 7.36. The minimum atomic E-state index is -1.90. The van der Waals surface area contributed by atoms with E-state index in [0.717, 1.165) is 6.42 Å². The maximum absolute atomic E-state index is 10.2. The topological polar surface area (TPSA) is 52.3 Å². The number of hydrogen-bond donors (Lipinski definition) is 1. The van der Waals surface area contributed by atoms with E-state index in [1.165, 1.54) is 0 Å². The van der Waals surface area contributed by atoms with Gasteiger partial charge < -0.3 is 0 Å². The second-order valence-electron chi connectivity index (χ2n) is 3.43. The van der Waals surface area contributed by atoms with Gasteiger partial charge in [0, 0.05) is 0 Å². The zero-order chi connectivity index (χ0) is 8.20. The van der Waals surface area contributed by atoms with Crippen molar-refractivity contribution in [1.82, 2.24) is 0 Å². The third kappa shape index (κ3) is 8.02. The predicted octanol–water partition coefficient (Wildman–Crippen LogP) is 2.06. The first-order valence-electron chi connectivity index (χ1n) is 3.27. The first-order valence-corrected chi connectivity index (χ1v) is 4.51. The SMILES string of the molecule is CC(C)(C)CCO[P+](N)=O. The second-order valence-corrected chi connectivity index (χ2v) is 4.26. The summed E-state index contributed by atoms with van der Waals surface area (Å²) in [7, 11) is -1.90. The van der Waals surface area contributed by atoms with Crippen LogP contribution in [0.15, 0.2) is 0 Å². The Kier molecular flexibility index (Phi) is 4.02. The maximum atomic E-state index is 10.2. The lowest BCUT2D eigenvalue weighted by Gasteiger charge is -2.14. The predicted molar refractivity (Wildman–Crippen MR) is 41.8 cm³/mol. The van der Waals surface area contributed by atoms with Gasteiger partial charge in [-0.25, -0.2) is 0 Å². The summed E-state index contributed by atoms with van der Waals surface area (Å²) in [6, 6.07) is 0. The summed E-state index contributed by atoms with van der Waals surface area (Å²) < 4.78 is 14.9. The molecule has 0 fully saturated rings. The van der Waals surface area contributed by atoms with E-state index in [1.54, 1.807) is 0 Å². The van der Waals surface area contributed by atoms with Crippen molar-refractivity contribution in [3.05, 3.63) is 0 Å². The molecule has 0 rings (SSSR count). The molecule has 0 radical (unpaired) electrons. The van der Waals surface area contributed by atoms with Gasteiger partial charge in [-0.15, -0.1) is 4.52 Å². The van der Waals surface area contributed by atoms with Gasteiger partial charge in [-0.05, 0) is 16.4 Å². The zero-order valence-electron chi connectivity index (χ0n) is 6.76. The second kappa shape index (κ2) is 4.02. The maximum Gasteiger partial charge on any atom is 0.610 e. The van der Waals surface area contributed by atoms with Crippen LogP contribution in [0.2, 0.25) is 0 Å². The summed E-state index contributed by atoms with van der Waals surface area (Å²) >= 11 is 0. The van der Waals surface area contributed by atoms with E-state index in [1.807, 2.05) is 0 Å². The Hall–Kier alpha value is 0.0200. The van der Waals surface area contributed by atoms with Gasteiger partial charge in [0.05, 0.1) is 0 Å².